The second-order valence-corrected chi connectivity index (χ2v) is 4.49. The van der Waals surface area contributed by atoms with Crippen molar-refractivity contribution >= 4 is 5.91 Å². The van der Waals surface area contributed by atoms with Crippen molar-refractivity contribution in [2.75, 3.05) is 6.54 Å². The lowest BCUT2D eigenvalue weighted by Crippen LogP contribution is -2.61. The summed E-state index contributed by atoms with van der Waals surface area (Å²) >= 11 is 0. The molecule has 0 aromatic carbocycles. The molecule has 1 saturated heterocycles. The van der Waals surface area contributed by atoms with Crippen LogP contribution in [0.5, 0.6) is 0 Å². The Labute approximate surface area is 104 Å². The molecule has 1 heterocycles. The van der Waals surface area contributed by atoms with Crippen LogP contribution in [0.25, 0.3) is 0 Å². The van der Waals surface area contributed by atoms with Gasteiger partial charge < -0.3 is 4.90 Å². The number of hydrogen-bond acceptors (Lipinski definition) is 1. The molecule has 19 heavy (non-hydrogen) atoms. The van der Waals surface area contributed by atoms with Gasteiger partial charge in [-0.1, -0.05) is 0 Å². The normalized spacial score (nSPS) is 22.5. The van der Waals surface area contributed by atoms with Gasteiger partial charge in [0.1, 0.15) is 0 Å². The Morgan fingerprint density at radius 3 is 2.00 bits per heavy atom. The number of amides is 1. The highest BCUT2D eigenvalue weighted by atomic mass is 19.4. The van der Waals surface area contributed by atoms with Crippen molar-refractivity contribution in [2.45, 2.75) is 50.2 Å². The van der Waals surface area contributed by atoms with Crippen molar-refractivity contribution in [3.63, 3.8) is 0 Å². The summed E-state index contributed by atoms with van der Waals surface area (Å²) < 4.78 is 87.7. The molecule has 1 rings (SSSR count). The van der Waals surface area contributed by atoms with Crippen molar-refractivity contribution < 1.29 is 35.5 Å². The maximum Gasteiger partial charge on any atom is 0.460 e. The van der Waals surface area contributed by atoms with Crippen molar-refractivity contribution in [3.8, 4) is 0 Å². The highest BCUT2D eigenvalue weighted by Gasteiger charge is 2.77. The highest BCUT2D eigenvalue weighted by Crippen LogP contribution is 2.47. The lowest BCUT2D eigenvalue weighted by Gasteiger charge is -2.37. The van der Waals surface area contributed by atoms with E-state index in [0.29, 0.717) is 24.2 Å². The van der Waals surface area contributed by atoms with E-state index in [4.69, 9.17) is 0 Å². The standard InChI is InChI=1S/C10H12F7NO/c1-6-4-2-3-5-18(6)7(19)8(11,12)9(13,14)10(15,16)17/h6H,2-5H2,1H3. The molecule has 1 unspecified atom stereocenters. The molecule has 1 amide bonds. The molecule has 0 radical (unpaired) electrons. The number of alkyl halides is 7. The molecule has 1 fully saturated rings. The predicted octanol–water partition coefficient (Wildman–Crippen LogP) is 3.22. The summed E-state index contributed by atoms with van der Waals surface area (Å²) in [5.41, 5.74) is 0. The molecule has 0 aromatic heterocycles. The van der Waals surface area contributed by atoms with Gasteiger partial charge in [0.25, 0.3) is 5.91 Å². The monoisotopic (exact) mass is 295 g/mol. The van der Waals surface area contributed by atoms with Crippen LogP contribution in [0.4, 0.5) is 30.7 Å². The Balaban J connectivity index is 3.02. The van der Waals surface area contributed by atoms with Crippen LogP contribution in [0.1, 0.15) is 26.2 Å². The molecule has 1 aliphatic heterocycles. The molecule has 0 aliphatic carbocycles. The number of rotatable bonds is 2. The summed E-state index contributed by atoms with van der Waals surface area (Å²) in [5.74, 6) is -14.6. The number of carbonyl (C=O) groups is 1. The van der Waals surface area contributed by atoms with Gasteiger partial charge in [-0.2, -0.15) is 30.7 Å². The van der Waals surface area contributed by atoms with Gasteiger partial charge in [0.15, 0.2) is 0 Å². The number of carbonyl (C=O) groups excluding carboxylic acids is 1. The third kappa shape index (κ3) is 2.64. The molecule has 9 heteroatoms. The summed E-state index contributed by atoms with van der Waals surface area (Å²) in [6.45, 7) is 1.09. The van der Waals surface area contributed by atoms with Gasteiger partial charge in [0.05, 0.1) is 0 Å². The first kappa shape index (κ1) is 16.0. The number of likely N-dealkylation sites (tertiary alicyclic amines) is 1. The highest BCUT2D eigenvalue weighted by molar-refractivity contribution is 5.85. The zero-order valence-corrected chi connectivity index (χ0v) is 9.91. The summed E-state index contributed by atoms with van der Waals surface area (Å²) in [6, 6.07) is -0.781. The predicted molar refractivity (Wildman–Crippen MR) is 51.0 cm³/mol. The molecule has 0 saturated carbocycles. The van der Waals surface area contributed by atoms with Crippen molar-refractivity contribution in [1.82, 2.24) is 4.90 Å². The van der Waals surface area contributed by atoms with Crippen LogP contribution in [0.2, 0.25) is 0 Å². The summed E-state index contributed by atoms with van der Waals surface area (Å²) in [4.78, 5) is 11.7. The van der Waals surface area contributed by atoms with Crippen LogP contribution in [-0.4, -0.2) is 41.4 Å². The van der Waals surface area contributed by atoms with Gasteiger partial charge >= 0.3 is 18.0 Å². The first-order valence-electron chi connectivity index (χ1n) is 5.56. The smallest absolute Gasteiger partial charge is 0.335 e. The third-order valence-corrected chi connectivity index (χ3v) is 3.08. The van der Waals surface area contributed by atoms with E-state index in [0.717, 1.165) is 0 Å². The maximum atomic E-state index is 13.2. The van der Waals surface area contributed by atoms with E-state index in [2.05, 4.69) is 0 Å². The zero-order chi connectivity index (χ0) is 15.1. The first-order chi connectivity index (χ1) is 8.43. The average molecular weight is 295 g/mol. The number of hydrogen-bond donors (Lipinski definition) is 0. The van der Waals surface area contributed by atoms with Gasteiger partial charge in [0, 0.05) is 12.6 Å². The topological polar surface area (TPSA) is 20.3 Å². The van der Waals surface area contributed by atoms with Gasteiger partial charge in [-0.15, -0.1) is 0 Å². The van der Waals surface area contributed by atoms with Gasteiger partial charge in [-0.3, -0.25) is 4.79 Å². The molecule has 0 N–H and O–H groups in total. The van der Waals surface area contributed by atoms with E-state index >= 15 is 0 Å². The molecular weight excluding hydrogens is 283 g/mol. The minimum absolute atomic E-state index is 0.247. The summed E-state index contributed by atoms with van der Waals surface area (Å²) in [6.07, 6.45) is -5.29. The molecule has 1 atom stereocenters. The Bertz CT molecular complexity index is 352. The van der Waals surface area contributed by atoms with Gasteiger partial charge in [-0.05, 0) is 26.2 Å². The molecule has 0 bridgehead atoms. The molecular formula is C10H12F7NO. The van der Waals surface area contributed by atoms with Crippen LogP contribution in [0, 0.1) is 0 Å². The van der Waals surface area contributed by atoms with E-state index in [-0.39, 0.29) is 6.54 Å². The largest absolute Gasteiger partial charge is 0.460 e. The molecule has 0 aromatic rings. The molecule has 112 valence electrons. The summed E-state index contributed by atoms with van der Waals surface area (Å²) in [5, 5.41) is 0. The lowest BCUT2D eigenvalue weighted by atomic mass is 10.0. The number of piperidine rings is 1. The third-order valence-electron chi connectivity index (χ3n) is 3.08. The Hall–Kier alpha value is -1.02. The fourth-order valence-corrected chi connectivity index (χ4v) is 1.89. The quantitative estimate of drug-likeness (QED) is 0.716. The zero-order valence-electron chi connectivity index (χ0n) is 9.91. The Morgan fingerprint density at radius 1 is 1.05 bits per heavy atom. The number of halogens is 7. The Kier molecular flexibility index (Phi) is 4.07. The second kappa shape index (κ2) is 4.82. The van der Waals surface area contributed by atoms with Crippen LogP contribution >= 0.6 is 0 Å². The van der Waals surface area contributed by atoms with Crippen molar-refractivity contribution in [2.24, 2.45) is 0 Å². The van der Waals surface area contributed by atoms with E-state index in [9.17, 15) is 35.5 Å². The van der Waals surface area contributed by atoms with E-state index in [1.54, 1.807) is 0 Å². The maximum absolute atomic E-state index is 13.2. The first-order valence-corrected chi connectivity index (χ1v) is 5.56. The van der Waals surface area contributed by atoms with Gasteiger partial charge in [0.2, 0.25) is 0 Å². The fourth-order valence-electron chi connectivity index (χ4n) is 1.89. The number of nitrogens with zero attached hydrogens (tertiary/aromatic N) is 1. The summed E-state index contributed by atoms with van der Waals surface area (Å²) in [7, 11) is 0. The Morgan fingerprint density at radius 2 is 1.58 bits per heavy atom. The molecule has 0 spiro atoms. The molecule has 2 nitrogen and oxygen atoms in total. The fraction of sp³-hybridized carbons (Fsp3) is 0.900. The second-order valence-electron chi connectivity index (χ2n) is 4.49. The van der Waals surface area contributed by atoms with E-state index < -0.39 is 30.0 Å². The van der Waals surface area contributed by atoms with Crippen LogP contribution < -0.4 is 0 Å². The van der Waals surface area contributed by atoms with Gasteiger partial charge in [-0.25, -0.2) is 0 Å². The molecule has 1 aliphatic rings. The average Bonchev–Trinajstić information content (AvgIpc) is 2.27. The SMILES string of the molecule is CC1CCCCN1C(=O)C(F)(F)C(F)(F)C(F)(F)F. The van der Waals surface area contributed by atoms with Crippen LogP contribution in [0.3, 0.4) is 0 Å². The minimum Gasteiger partial charge on any atom is -0.335 e. The van der Waals surface area contributed by atoms with Crippen molar-refractivity contribution in [1.29, 1.82) is 0 Å². The lowest BCUT2D eigenvalue weighted by molar-refractivity contribution is -0.346. The van der Waals surface area contributed by atoms with E-state index in [1.807, 2.05) is 0 Å². The minimum atomic E-state index is -6.48. The van der Waals surface area contributed by atoms with Crippen molar-refractivity contribution in [3.05, 3.63) is 0 Å². The van der Waals surface area contributed by atoms with E-state index in [1.165, 1.54) is 6.92 Å². The van der Waals surface area contributed by atoms with Crippen LogP contribution in [0.15, 0.2) is 0 Å². The van der Waals surface area contributed by atoms with Crippen LogP contribution in [-0.2, 0) is 4.79 Å².